The van der Waals surface area contributed by atoms with Crippen molar-refractivity contribution in [1.82, 2.24) is 0 Å². The fourth-order valence-electron chi connectivity index (χ4n) is 1.56. The molecule has 0 aromatic heterocycles. The van der Waals surface area contributed by atoms with Crippen LogP contribution in [0.1, 0.15) is 33.6 Å². The van der Waals surface area contributed by atoms with Gasteiger partial charge in [-0.15, -0.1) is 0 Å². The Balaban J connectivity index is 2.61. The van der Waals surface area contributed by atoms with Crippen LogP contribution in [0.2, 0.25) is 0 Å². The van der Waals surface area contributed by atoms with Crippen molar-refractivity contribution in [2.45, 2.75) is 52.0 Å². The Morgan fingerprint density at radius 3 is 2.52 bits per heavy atom. The van der Waals surface area contributed by atoms with Crippen molar-refractivity contribution < 1.29 is 37.0 Å². The summed E-state index contributed by atoms with van der Waals surface area (Å²) >= 11 is 0. The third kappa shape index (κ3) is 4.59. The average Bonchev–Trinajstić information content (AvgIpc) is 2.80. The lowest BCUT2D eigenvalue weighted by Gasteiger charge is -2.28. The minimum atomic E-state index is -4.49. The quantitative estimate of drug-likeness (QED) is 0.704. The molecule has 1 fully saturated rings. The standard InChI is InChI=1S/C13H19F3O5/c1-4-12(3,7-20-8(2)13(14,15)16)11(18)21-9-5-6-19-10(9)17/h8-9H,4-7H2,1-3H3. The van der Waals surface area contributed by atoms with E-state index in [1.807, 2.05) is 0 Å². The van der Waals surface area contributed by atoms with Gasteiger partial charge < -0.3 is 14.2 Å². The number of esters is 2. The van der Waals surface area contributed by atoms with Crippen LogP contribution in [-0.2, 0) is 23.8 Å². The Morgan fingerprint density at radius 2 is 2.10 bits per heavy atom. The summed E-state index contributed by atoms with van der Waals surface area (Å²) in [6.45, 7) is 3.68. The van der Waals surface area contributed by atoms with Crippen molar-refractivity contribution in [2.75, 3.05) is 13.2 Å². The van der Waals surface area contributed by atoms with Crippen molar-refractivity contribution >= 4 is 11.9 Å². The molecule has 1 saturated heterocycles. The van der Waals surface area contributed by atoms with Gasteiger partial charge in [0.05, 0.1) is 18.6 Å². The van der Waals surface area contributed by atoms with E-state index in [1.165, 1.54) is 6.92 Å². The highest BCUT2D eigenvalue weighted by molar-refractivity contribution is 5.83. The van der Waals surface area contributed by atoms with Crippen molar-refractivity contribution in [3.8, 4) is 0 Å². The Kier molecular flexibility index (Phi) is 5.61. The Labute approximate surface area is 120 Å². The Hall–Kier alpha value is -1.31. The molecule has 1 heterocycles. The summed E-state index contributed by atoms with van der Waals surface area (Å²) in [6.07, 6.45) is -6.98. The zero-order chi connectivity index (χ0) is 16.3. The van der Waals surface area contributed by atoms with Crippen LogP contribution in [0.3, 0.4) is 0 Å². The molecule has 0 aliphatic carbocycles. The molecular weight excluding hydrogens is 293 g/mol. The summed E-state index contributed by atoms with van der Waals surface area (Å²) in [5.74, 6) is -1.39. The number of hydrogen-bond donors (Lipinski definition) is 0. The largest absolute Gasteiger partial charge is 0.463 e. The monoisotopic (exact) mass is 312 g/mol. The first-order valence-corrected chi connectivity index (χ1v) is 6.66. The third-order valence-corrected chi connectivity index (χ3v) is 3.52. The van der Waals surface area contributed by atoms with Gasteiger partial charge in [0.25, 0.3) is 0 Å². The molecule has 1 aliphatic rings. The van der Waals surface area contributed by atoms with E-state index in [4.69, 9.17) is 9.47 Å². The van der Waals surface area contributed by atoms with E-state index >= 15 is 0 Å². The van der Waals surface area contributed by atoms with E-state index in [0.717, 1.165) is 6.92 Å². The van der Waals surface area contributed by atoms with Crippen molar-refractivity contribution in [1.29, 1.82) is 0 Å². The maximum atomic E-state index is 12.4. The number of carbonyl (C=O) groups excluding carboxylic acids is 2. The van der Waals surface area contributed by atoms with Crippen molar-refractivity contribution in [3.63, 3.8) is 0 Å². The van der Waals surface area contributed by atoms with Crippen LogP contribution in [0.4, 0.5) is 13.2 Å². The van der Waals surface area contributed by atoms with Crippen LogP contribution in [0.15, 0.2) is 0 Å². The third-order valence-electron chi connectivity index (χ3n) is 3.52. The molecule has 0 aromatic rings. The molecule has 0 aromatic carbocycles. The van der Waals surface area contributed by atoms with Gasteiger partial charge in [-0.2, -0.15) is 13.2 Å². The summed E-state index contributed by atoms with van der Waals surface area (Å²) in [5.41, 5.74) is -1.25. The summed E-state index contributed by atoms with van der Waals surface area (Å²) in [7, 11) is 0. The second-order valence-corrected chi connectivity index (χ2v) is 5.26. The molecule has 21 heavy (non-hydrogen) atoms. The fourth-order valence-corrected chi connectivity index (χ4v) is 1.56. The Morgan fingerprint density at radius 1 is 1.48 bits per heavy atom. The fraction of sp³-hybridized carbons (Fsp3) is 0.846. The van der Waals surface area contributed by atoms with Gasteiger partial charge in [0.1, 0.15) is 0 Å². The highest BCUT2D eigenvalue weighted by Crippen LogP contribution is 2.29. The molecule has 1 rings (SSSR count). The van der Waals surface area contributed by atoms with Gasteiger partial charge in [-0.05, 0) is 20.3 Å². The minimum Gasteiger partial charge on any atom is -0.463 e. The van der Waals surface area contributed by atoms with Gasteiger partial charge in [-0.1, -0.05) is 6.92 Å². The number of rotatable bonds is 6. The predicted octanol–water partition coefficient (Wildman–Crippen LogP) is 2.23. The van der Waals surface area contributed by atoms with Crippen LogP contribution in [-0.4, -0.2) is 43.5 Å². The van der Waals surface area contributed by atoms with Gasteiger partial charge in [0.15, 0.2) is 6.10 Å². The lowest BCUT2D eigenvalue weighted by Crippen LogP contribution is -2.40. The molecule has 0 amide bonds. The van der Waals surface area contributed by atoms with Crippen molar-refractivity contribution in [2.24, 2.45) is 5.41 Å². The van der Waals surface area contributed by atoms with E-state index in [-0.39, 0.29) is 19.4 Å². The number of ether oxygens (including phenoxy) is 3. The van der Waals surface area contributed by atoms with E-state index in [2.05, 4.69) is 4.74 Å². The highest BCUT2D eigenvalue weighted by atomic mass is 19.4. The molecule has 1 aliphatic heterocycles. The van der Waals surface area contributed by atoms with Crippen molar-refractivity contribution in [3.05, 3.63) is 0 Å². The van der Waals surface area contributed by atoms with Crippen LogP contribution >= 0.6 is 0 Å². The zero-order valence-corrected chi connectivity index (χ0v) is 12.2. The maximum absolute atomic E-state index is 12.4. The molecule has 0 radical (unpaired) electrons. The number of alkyl halides is 3. The lowest BCUT2D eigenvalue weighted by molar-refractivity contribution is -0.223. The summed E-state index contributed by atoms with van der Waals surface area (Å²) < 4.78 is 51.6. The number of carbonyl (C=O) groups is 2. The first-order chi connectivity index (χ1) is 9.60. The first-order valence-electron chi connectivity index (χ1n) is 6.66. The van der Waals surface area contributed by atoms with E-state index < -0.39 is 42.3 Å². The zero-order valence-electron chi connectivity index (χ0n) is 12.2. The van der Waals surface area contributed by atoms with Gasteiger partial charge in [-0.25, -0.2) is 4.79 Å². The molecule has 0 saturated carbocycles. The average molecular weight is 312 g/mol. The van der Waals surface area contributed by atoms with Crippen LogP contribution in [0.5, 0.6) is 0 Å². The minimum absolute atomic E-state index is 0.168. The first kappa shape index (κ1) is 17.7. The highest BCUT2D eigenvalue weighted by Gasteiger charge is 2.42. The van der Waals surface area contributed by atoms with Crippen LogP contribution < -0.4 is 0 Å². The summed E-state index contributed by atoms with van der Waals surface area (Å²) in [6, 6.07) is 0. The summed E-state index contributed by atoms with van der Waals surface area (Å²) in [5, 5.41) is 0. The molecule has 122 valence electrons. The van der Waals surface area contributed by atoms with E-state index in [9.17, 15) is 22.8 Å². The van der Waals surface area contributed by atoms with Gasteiger partial charge in [0, 0.05) is 6.42 Å². The number of halogens is 3. The van der Waals surface area contributed by atoms with Gasteiger partial charge >= 0.3 is 18.1 Å². The smallest absolute Gasteiger partial charge is 0.414 e. The Bertz CT molecular complexity index is 396. The SMILES string of the molecule is CCC(C)(COC(C)C(F)(F)F)C(=O)OC1CCOC1=O. The molecule has 0 N–H and O–H groups in total. The molecule has 8 heteroatoms. The lowest BCUT2D eigenvalue weighted by atomic mass is 9.88. The molecule has 3 unspecified atom stereocenters. The predicted molar refractivity (Wildman–Crippen MR) is 65.3 cm³/mol. The molecule has 5 nitrogen and oxygen atoms in total. The van der Waals surface area contributed by atoms with E-state index in [1.54, 1.807) is 6.92 Å². The maximum Gasteiger partial charge on any atom is 0.414 e. The topological polar surface area (TPSA) is 61.8 Å². The molecule has 3 atom stereocenters. The molecular formula is C13H19F3O5. The summed E-state index contributed by atoms with van der Waals surface area (Å²) in [4.78, 5) is 23.3. The number of cyclic esters (lactones) is 1. The van der Waals surface area contributed by atoms with Crippen LogP contribution in [0, 0.1) is 5.41 Å². The van der Waals surface area contributed by atoms with Crippen LogP contribution in [0.25, 0.3) is 0 Å². The van der Waals surface area contributed by atoms with E-state index in [0.29, 0.717) is 0 Å². The molecule has 0 bridgehead atoms. The second kappa shape index (κ2) is 6.64. The number of hydrogen-bond acceptors (Lipinski definition) is 5. The second-order valence-electron chi connectivity index (χ2n) is 5.26. The molecule has 0 spiro atoms. The van der Waals surface area contributed by atoms with Gasteiger partial charge in [-0.3, -0.25) is 4.79 Å². The van der Waals surface area contributed by atoms with Gasteiger partial charge in [0.2, 0.25) is 6.10 Å². The normalized spacial score (nSPS) is 23.3.